The molecule has 4 rings (SSSR count). The van der Waals surface area contributed by atoms with Gasteiger partial charge in [-0.15, -0.1) is 0 Å². The van der Waals surface area contributed by atoms with E-state index in [2.05, 4.69) is 22.0 Å². The molecule has 2 aromatic rings. The molecule has 0 saturated carbocycles. The van der Waals surface area contributed by atoms with Gasteiger partial charge in [-0.2, -0.15) is 4.31 Å². The van der Waals surface area contributed by atoms with Gasteiger partial charge in [-0.05, 0) is 43.7 Å². The Kier molecular flexibility index (Phi) is 6.66. The molecule has 7 nitrogen and oxygen atoms in total. The van der Waals surface area contributed by atoms with Crippen LogP contribution in [0.5, 0.6) is 0 Å². The Bertz CT molecular complexity index is 1030. The first-order chi connectivity index (χ1) is 14.8. The summed E-state index contributed by atoms with van der Waals surface area (Å²) in [6, 6.07) is 11.5. The predicted molar refractivity (Wildman–Crippen MR) is 121 cm³/mol. The SMILES string of the molecule is C[C@H](Sc1ccc(S(=O)(=O)N2CCN(C)CC2)cn1)C(=O)N1CCc2ccccc2C1. The van der Waals surface area contributed by atoms with Gasteiger partial charge in [0, 0.05) is 45.5 Å². The Morgan fingerprint density at radius 2 is 1.74 bits per heavy atom. The number of rotatable bonds is 5. The molecule has 1 atom stereocenters. The molecule has 1 aromatic heterocycles. The van der Waals surface area contributed by atoms with Gasteiger partial charge in [0.25, 0.3) is 0 Å². The summed E-state index contributed by atoms with van der Waals surface area (Å²) in [5, 5.41) is 0.355. The van der Waals surface area contributed by atoms with Crippen molar-refractivity contribution in [2.24, 2.45) is 0 Å². The molecule has 1 fully saturated rings. The van der Waals surface area contributed by atoms with Gasteiger partial charge >= 0.3 is 0 Å². The van der Waals surface area contributed by atoms with Crippen molar-refractivity contribution in [3.63, 3.8) is 0 Å². The maximum atomic E-state index is 12.9. The van der Waals surface area contributed by atoms with Crippen molar-refractivity contribution in [1.82, 2.24) is 19.1 Å². The third kappa shape index (κ3) is 4.95. The molecule has 0 unspecified atom stereocenters. The maximum absolute atomic E-state index is 12.9. The van der Waals surface area contributed by atoms with E-state index >= 15 is 0 Å². The molecule has 9 heteroatoms. The number of carbonyl (C=O) groups excluding carboxylic acids is 1. The minimum absolute atomic E-state index is 0.0791. The van der Waals surface area contributed by atoms with Crippen LogP contribution in [0.1, 0.15) is 18.1 Å². The molecule has 3 heterocycles. The smallest absolute Gasteiger partial charge is 0.244 e. The van der Waals surface area contributed by atoms with Crippen LogP contribution in [-0.4, -0.2) is 78.4 Å². The lowest BCUT2D eigenvalue weighted by molar-refractivity contribution is -0.131. The Labute approximate surface area is 188 Å². The first-order valence-electron chi connectivity index (χ1n) is 10.5. The topological polar surface area (TPSA) is 73.8 Å². The summed E-state index contributed by atoms with van der Waals surface area (Å²) in [6.45, 7) is 5.65. The summed E-state index contributed by atoms with van der Waals surface area (Å²) in [4.78, 5) is 21.5. The van der Waals surface area contributed by atoms with E-state index in [-0.39, 0.29) is 16.1 Å². The number of thioether (sulfide) groups is 1. The Morgan fingerprint density at radius 1 is 1.03 bits per heavy atom. The molecule has 2 aliphatic rings. The third-order valence-corrected chi connectivity index (χ3v) is 8.82. The summed E-state index contributed by atoms with van der Waals surface area (Å²) in [5.74, 6) is 0.0791. The molecule has 1 amide bonds. The van der Waals surface area contributed by atoms with Gasteiger partial charge in [-0.1, -0.05) is 36.0 Å². The lowest BCUT2D eigenvalue weighted by atomic mass is 10.00. The number of aromatic nitrogens is 1. The van der Waals surface area contributed by atoms with Crippen LogP contribution in [0.25, 0.3) is 0 Å². The van der Waals surface area contributed by atoms with Crippen molar-refractivity contribution >= 4 is 27.7 Å². The van der Waals surface area contributed by atoms with E-state index in [0.29, 0.717) is 24.7 Å². The minimum atomic E-state index is -3.53. The number of benzene rings is 1. The molecule has 0 aliphatic carbocycles. The molecule has 1 saturated heterocycles. The Balaban J connectivity index is 1.38. The van der Waals surface area contributed by atoms with E-state index < -0.39 is 10.0 Å². The number of piperazine rings is 1. The number of nitrogens with zero attached hydrogens (tertiary/aromatic N) is 4. The largest absolute Gasteiger partial charge is 0.337 e. The average Bonchev–Trinajstić information content (AvgIpc) is 2.79. The van der Waals surface area contributed by atoms with E-state index in [4.69, 9.17) is 0 Å². The van der Waals surface area contributed by atoms with Crippen LogP contribution >= 0.6 is 11.8 Å². The molecule has 31 heavy (non-hydrogen) atoms. The van der Waals surface area contributed by atoms with Gasteiger partial charge in [0.2, 0.25) is 15.9 Å². The average molecular weight is 461 g/mol. The van der Waals surface area contributed by atoms with Crippen molar-refractivity contribution < 1.29 is 13.2 Å². The monoisotopic (exact) mass is 460 g/mol. The van der Waals surface area contributed by atoms with E-state index in [9.17, 15) is 13.2 Å². The zero-order chi connectivity index (χ0) is 22.0. The van der Waals surface area contributed by atoms with E-state index in [0.717, 1.165) is 26.1 Å². The van der Waals surface area contributed by atoms with Crippen molar-refractivity contribution in [3.05, 3.63) is 53.7 Å². The standard InChI is InChI=1S/C22H28N4O3S2/c1-17(22(27)25-10-9-18-5-3-4-6-19(18)16-25)30-21-8-7-20(15-23-21)31(28,29)26-13-11-24(2)12-14-26/h3-8,15,17H,9-14,16H2,1-2H3/t17-/m0/s1. The highest BCUT2D eigenvalue weighted by Crippen LogP contribution is 2.27. The normalized spacial score (nSPS) is 19.1. The second-order valence-corrected chi connectivity index (χ2v) is 11.4. The summed E-state index contributed by atoms with van der Waals surface area (Å²) in [6.07, 6.45) is 2.28. The number of amides is 1. The first-order valence-corrected chi connectivity index (χ1v) is 12.8. The Morgan fingerprint density at radius 3 is 2.42 bits per heavy atom. The van der Waals surface area contributed by atoms with Gasteiger partial charge in [-0.3, -0.25) is 4.79 Å². The van der Waals surface area contributed by atoms with Crippen LogP contribution in [0.4, 0.5) is 0 Å². The number of likely N-dealkylation sites (N-methyl/N-ethyl adjacent to an activating group) is 1. The zero-order valence-corrected chi connectivity index (χ0v) is 19.5. The van der Waals surface area contributed by atoms with Gasteiger partial charge in [-0.25, -0.2) is 13.4 Å². The van der Waals surface area contributed by atoms with Crippen LogP contribution in [0.15, 0.2) is 52.5 Å². The molecule has 0 spiro atoms. The van der Waals surface area contributed by atoms with Crippen LogP contribution in [0, 0.1) is 0 Å². The van der Waals surface area contributed by atoms with Crippen LogP contribution < -0.4 is 0 Å². The minimum Gasteiger partial charge on any atom is -0.337 e. The number of pyridine rings is 1. The van der Waals surface area contributed by atoms with Crippen molar-refractivity contribution in [2.45, 2.75) is 35.1 Å². The van der Waals surface area contributed by atoms with Crippen molar-refractivity contribution in [2.75, 3.05) is 39.8 Å². The molecule has 2 aliphatic heterocycles. The summed E-state index contributed by atoms with van der Waals surface area (Å²) in [7, 11) is -1.54. The highest BCUT2D eigenvalue weighted by molar-refractivity contribution is 8.00. The lowest BCUT2D eigenvalue weighted by Crippen LogP contribution is -2.47. The molecule has 0 bridgehead atoms. The maximum Gasteiger partial charge on any atom is 0.244 e. The summed E-state index contributed by atoms with van der Waals surface area (Å²) in [5.41, 5.74) is 2.52. The second-order valence-electron chi connectivity index (χ2n) is 8.08. The van der Waals surface area contributed by atoms with Crippen LogP contribution in [0.3, 0.4) is 0 Å². The van der Waals surface area contributed by atoms with Gasteiger partial charge in [0.1, 0.15) is 4.90 Å². The molecular weight excluding hydrogens is 432 g/mol. The number of hydrogen-bond acceptors (Lipinski definition) is 6. The van der Waals surface area contributed by atoms with Crippen molar-refractivity contribution in [1.29, 1.82) is 0 Å². The first kappa shape index (κ1) is 22.3. The lowest BCUT2D eigenvalue weighted by Gasteiger charge is -2.31. The predicted octanol–water partition coefficient (Wildman–Crippen LogP) is 2.08. The number of fused-ring (bicyclic) bond motifs is 1. The number of carbonyl (C=O) groups is 1. The van der Waals surface area contributed by atoms with E-state index in [1.807, 2.05) is 31.0 Å². The van der Waals surface area contributed by atoms with Gasteiger partial charge < -0.3 is 9.80 Å². The van der Waals surface area contributed by atoms with Gasteiger partial charge in [0.05, 0.1) is 10.3 Å². The summed E-state index contributed by atoms with van der Waals surface area (Å²) < 4.78 is 27.2. The molecule has 0 N–H and O–H groups in total. The van der Waals surface area contributed by atoms with Crippen LogP contribution in [-0.2, 0) is 27.8 Å². The number of sulfonamides is 1. The third-order valence-electron chi connectivity index (χ3n) is 5.90. The van der Waals surface area contributed by atoms with Crippen LogP contribution in [0.2, 0.25) is 0 Å². The summed E-state index contributed by atoms with van der Waals surface area (Å²) >= 11 is 1.36. The molecular formula is C22H28N4O3S2. The zero-order valence-electron chi connectivity index (χ0n) is 17.9. The quantitative estimate of drug-likeness (QED) is 0.636. The fraction of sp³-hybridized carbons (Fsp3) is 0.455. The van der Waals surface area contributed by atoms with Gasteiger partial charge in [0.15, 0.2) is 0 Å². The fourth-order valence-corrected chi connectivity index (χ4v) is 6.18. The molecule has 0 radical (unpaired) electrons. The van der Waals surface area contributed by atoms with E-state index in [1.165, 1.54) is 33.4 Å². The molecule has 1 aromatic carbocycles. The fourth-order valence-electron chi connectivity index (χ4n) is 3.94. The van der Waals surface area contributed by atoms with E-state index in [1.54, 1.807) is 12.1 Å². The highest BCUT2D eigenvalue weighted by Gasteiger charge is 2.28. The number of hydrogen-bond donors (Lipinski definition) is 0. The molecule has 166 valence electrons. The second kappa shape index (κ2) is 9.28. The highest BCUT2D eigenvalue weighted by atomic mass is 32.2. The Hall–Kier alpha value is -1.94. The van der Waals surface area contributed by atoms with Crippen molar-refractivity contribution in [3.8, 4) is 0 Å².